The molecule has 0 bridgehead atoms. The smallest absolute Gasteiger partial charge is 0.179 e. The topological polar surface area (TPSA) is 47.3 Å². The van der Waals surface area contributed by atoms with Gasteiger partial charge in [0.25, 0.3) is 0 Å². The molecule has 19 heavy (non-hydrogen) atoms. The van der Waals surface area contributed by atoms with Gasteiger partial charge in [-0.2, -0.15) is 0 Å². The van der Waals surface area contributed by atoms with Crippen LogP contribution in [0.4, 0.5) is 0 Å². The van der Waals surface area contributed by atoms with Crippen molar-refractivity contribution < 1.29 is 4.79 Å². The first-order chi connectivity index (χ1) is 9.15. The average molecular weight is 272 g/mol. The molecule has 0 radical (unpaired) electrons. The summed E-state index contributed by atoms with van der Waals surface area (Å²) >= 11 is 6.08. The predicted octanol–water partition coefficient (Wildman–Crippen LogP) is 3.25. The Bertz CT molecular complexity index is 779. The summed E-state index contributed by atoms with van der Waals surface area (Å²) < 4.78 is 1.81. The summed E-state index contributed by atoms with van der Waals surface area (Å²) in [4.78, 5) is 19.6. The lowest BCUT2D eigenvalue weighted by molar-refractivity contribution is 0.101. The van der Waals surface area contributed by atoms with E-state index in [0.717, 1.165) is 16.8 Å². The highest BCUT2D eigenvalue weighted by Gasteiger charge is 2.08. The molecule has 3 heterocycles. The van der Waals surface area contributed by atoms with Crippen LogP contribution in [0.2, 0.25) is 5.15 Å². The number of nitrogens with zero attached hydrogens (tertiary/aromatic N) is 3. The number of carbonyl (C=O) groups is 1. The fraction of sp³-hybridized carbons (Fsp3) is 0.0714. The molecule has 94 valence electrons. The van der Waals surface area contributed by atoms with Gasteiger partial charge in [-0.25, -0.2) is 9.97 Å². The van der Waals surface area contributed by atoms with Gasteiger partial charge in [-0.15, -0.1) is 0 Å². The van der Waals surface area contributed by atoms with Crippen molar-refractivity contribution in [2.45, 2.75) is 6.92 Å². The van der Waals surface area contributed by atoms with Gasteiger partial charge in [0.2, 0.25) is 0 Å². The standard InChI is InChI=1S/C14H10ClN3O/c1-9(19)12-8-18-7-10(4-5-13(18)17-12)11-3-2-6-16-14(11)15/h2-8H,1H3. The van der Waals surface area contributed by atoms with Gasteiger partial charge in [0.15, 0.2) is 5.78 Å². The Balaban J connectivity index is 2.16. The minimum absolute atomic E-state index is 0.0512. The second kappa shape index (κ2) is 4.48. The highest BCUT2D eigenvalue weighted by molar-refractivity contribution is 6.32. The molecule has 0 saturated heterocycles. The summed E-state index contributed by atoms with van der Waals surface area (Å²) in [6.07, 6.45) is 5.25. The largest absolute Gasteiger partial charge is 0.306 e. The molecule has 3 aromatic rings. The van der Waals surface area contributed by atoms with Gasteiger partial charge >= 0.3 is 0 Å². The number of imidazole rings is 1. The van der Waals surface area contributed by atoms with E-state index in [9.17, 15) is 4.79 Å². The summed E-state index contributed by atoms with van der Waals surface area (Å²) in [6, 6.07) is 7.50. The van der Waals surface area contributed by atoms with Gasteiger partial charge in [-0.05, 0) is 24.3 Å². The van der Waals surface area contributed by atoms with Crippen LogP contribution in [-0.4, -0.2) is 20.2 Å². The number of hydrogen-bond donors (Lipinski definition) is 0. The third kappa shape index (κ3) is 2.11. The number of pyridine rings is 2. The third-order valence-electron chi connectivity index (χ3n) is 2.88. The van der Waals surface area contributed by atoms with Crippen molar-refractivity contribution >= 4 is 23.0 Å². The number of aromatic nitrogens is 3. The van der Waals surface area contributed by atoms with Crippen molar-refractivity contribution in [3.8, 4) is 11.1 Å². The lowest BCUT2D eigenvalue weighted by Crippen LogP contribution is -1.90. The molecule has 3 aromatic heterocycles. The minimum Gasteiger partial charge on any atom is -0.306 e. The van der Waals surface area contributed by atoms with E-state index in [0.29, 0.717) is 10.8 Å². The van der Waals surface area contributed by atoms with Crippen LogP contribution in [0.3, 0.4) is 0 Å². The van der Waals surface area contributed by atoms with E-state index in [1.165, 1.54) is 6.92 Å². The van der Waals surface area contributed by atoms with E-state index in [4.69, 9.17) is 11.6 Å². The normalized spacial score (nSPS) is 10.8. The highest BCUT2D eigenvalue weighted by Crippen LogP contribution is 2.25. The summed E-state index contributed by atoms with van der Waals surface area (Å²) in [6.45, 7) is 1.50. The van der Waals surface area contributed by atoms with Crippen LogP contribution >= 0.6 is 11.6 Å². The highest BCUT2D eigenvalue weighted by atomic mass is 35.5. The summed E-state index contributed by atoms with van der Waals surface area (Å²) in [5.41, 5.74) is 2.96. The predicted molar refractivity (Wildman–Crippen MR) is 73.4 cm³/mol. The molecular formula is C14H10ClN3O. The maximum atomic E-state index is 11.3. The molecular weight excluding hydrogens is 262 g/mol. The molecule has 0 saturated carbocycles. The van der Waals surface area contributed by atoms with Crippen LogP contribution < -0.4 is 0 Å². The molecule has 0 aliphatic rings. The second-order valence-electron chi connectivity index (χ2n) is 4.21. The average Bonchev–Trinajstić information content (AvgIpc) is 2.82. The Kier molecular flexibility index (Phi) is 2.80. The number of rotatable bonds is 2. The molecule has 0 spiro atoms. The Morgan fingerprint density at radius 3 is 2.84 bits per heavy atom. The number of halogens is 1. The SMILES string of the molecule is CC(=O)c1cn2cc(-c3cccnc3Cl)ccc2n1. The van der Waals surface area contributed by atoms with Crippen LogP contribution in [0.1, 0.15) is 17.4 Å². The number of fused-ring (bicyclic) bond motifs is 1. The number of hydrogen-bond acceptors (Lipinski definition) is 3. The molecule has 5 heteroatoms. The van der Waals surface area contributed by atoms with Crippen molar-refractivity contribution in [1.29, 1.82) is 0 Å². The maximum absolute atomic E-state index is 11.3. The molecule has 0 amide bonds. The lowest BCUT2D eigenvalue weighted by atomic mass is 10.1. The lowest BCUT2D eigenvalue weighted by Gasteiger charge is -2.03. The first kappa shape index (κ1) is 11.9. The third-order valence-corrected chi connectivity index (χ3v) is 3.18. The van der Waals surface area contributed by atoms with Crippen LogP contribution in [0, 0.1) is 0 Å². The molecule has 4 nitrogen and oxygen atoms in total. The molecule has 0 atom stereocenters. The zero-order valence-corrected chi connectivity index (χ0v) is 10.9. The summed E-state index contributed by atoms with van der Waals surface area (Å²) in [5.74, 6) is -0.0512. The molecule has 0 aliphatic heterocycles. The monoisotopic (exact) mass is 271 g/mol. The van der Waals surface area contributed by atoms with Crippen molar-refractivity contribution in [2.24, 2.45) is 0 Å². The molecule has 3 rings (SSSR count). The Morgan fingerprint density at radius 2 is 2.11 bits per heavy atom. The van der Waals surface area contributed by atoms with E-state index in [1.807, 2.05) is 34.9 Å². The van der Waals surface area contributed by atoms with Crippen LogP contribution in [-0.2, 0) is 0 Å². The first-order valence-corrected chi connectivity index (χ1v) is 6.13. The van der Waals surface area contributed by atoms with Crippen molar-refractivity contribution in [2.75, 3.05) is 0 Å². The summed E-state index contributed by atoms with van der Waals surface area (Å²) in [5, 5.41) is 0.453. The quantitative estimate of drug-likeness (QED) is 0.531. The molecule has 0 fully saturated rings. The number of Topliss-reactive ketones (excluding diaryl/α,β-unsaturated/α-hetero) is 1. The Morgan fingerprint density at radius 1 is 1.26 bits per heavy atom. The van der Waals surface area contributed by atoms with Crippen molar-refractivity contribution in [1.82, 2.24) is 14.4 Å². The number of carbonyl (C=O) groups excluding carboxylic acids is 1. The van der Waals surface area contributed by atoms with E-state index in [2.05, 4.69) is 9.97 Å². The molecule has 0 aromatic carbocycles. The van der Waals surface area contributed by atoms with Crippen LogP contribution in [0.25, 0.3) is 16.8 Å². The van der Waals surface area contributed by atoms with E-state index >= 15 is 0 Å². The Hall–Kier alpha value is -2.20. The summed E-state index contributed by atoms with van der Waals surface area (Å²) in [7, 11) is 0. The van der Waals surface area contributed by atoms with Gasteiger partial charge in [0, 0.05) is 36.6 Å². The molecule has 0 N–H and O–H groups in total. The van der Waals surface area contributed by atoms with Gasteiger partial charge in [-0.1, -0.05) is 11.6 Å². The molecule has 0 aliphatic carbocycles. The maximum Gasteiger partial charge on any atom is 0.179 e. The molecule has 0 unspecified atom stereocenters. The number of ketones is 1. The van der Waals surface area contributed by atoms with Gasteiger partial charge < -0.3 is 4.40 Å². The fourth-order valence-electron chi connectivity index (χ4n) is 1.92. The van der Waals surface area contributed by atoms with Crippen molar-refractivity contribution in [3.63, 3.8) is 0 Å². The zero-order chi connectivity index (χ0) is 13.4. The van der Waals surface area contributed by atoms with Crippen LogP contribution in [0.5, 0.6) is 0 Å². The van der Waals surface area contributed by atoms with Gasteiger partial charge in [0.1, 0.15) is 16.5 Å². The first-order valence-electron chi connectivity index (χ1n) is 5.76. The van der Waals surface area contributed by atoms with Crippen molar-refractivity contribution in [3.05, 3.63) is 53.7 Å². The van der Waals surface area contributed by atoms with Crippen LogP contribution in [0.15, 0.2) is 42.9 Å². The minimum atomic E-state index is -0.0512. The van der Waals surface area contributed by atoms with E-state index in [1.54, 1.807) is 12.4 Å². The Labute approximate surface area is 114 Å². The van der Waals surface area contributed by atoms with Gasteiger partial charge in [0.05, 0.1) is 0 Å². The van der Waals surface area contributed by atoms with Gasteiger partial charge in [-0.3, -0.25) is 4.79 Å². The zero-order valence-electron chi connectivity index (χ0n) is 10.2. The van der Waals surface area contributed by atoms with E-state index < -0.39 is 0 Å². The second-order valence-corrected chi connectivity index (χ2v) is 4.57. The fourth-order valence-corrected chi connectivity index (χ4v) is 2.15. The van der Waals surface area contributed by atoms with E-state index in [-0.39, 0.29) is 5.78 Å².